The van der Waals surface area contributed by atoms with Crippen LogP contribution in [0.25, 0.3) is 11.3 Å². The van der Waals surface area contributed by atoms with Crippen molar-refractivity contribution in [1.82, 2.24) is 24.6 Å². The van der Waals surface area contributed by atoms with Gasteiger partial charge in [0.05, 0.1) is 55.2 Å². The van der Waals surface area contributed by atoms with Crippen LogP contribution in [-0.2, 0) is 9.47 Å². The number of hydrogen-bond acceptors (Lipinski definition) is 8. The average Bonchev–Trinajstić information content (AvgIpc) is 3.41. The molecule has 0 atom stereocenters. The van der Waals surface area contributed by atoms with E-state index in [4.69, 9.17) is 25.8 Å². The minimum absolute atomic E-state index is 0.0512. The summed E-state index contributed by atoms with van der Waals surface area (Å²) in [7, 11) is 1.56. The first-order chi connectivity index (χ1) is 17.1. The lowest BCUT2D eigenvalue weighted by Gasteiger charge is -2.27. The second-order valence-corrected chi connectivity index (χ2v) is 8.79. The summed E-state index contributed by atoms with van der Waals surface area (Å²) in [6, 6.07) is 5.57. The van der Waals surface area contributed by atoms with Crippen LogP contribution in [0.5, 0.6) is 5.75 Å². The van der Waals surface area contributed by atoms with Gasteiger partial charge in [0.1, 0.15) is 5.75 Å². The number of nitrogens with zero attached hydrogens (tertiary/aromatic N) is 5. The molecule has 1 N–H and O–H groups in total. The Balaban J connectivity index is 1.35. The van der Waals surface area contributed by atoms with Crippen molar-refractivity contribution in [2.24, 2.45) is 0 Å². The lowest BCUT2D eigenvalue weighted by molar-refractivity contribution is 0.0302. The highest BCUT2D eigenvalue weighted by atomic mass is 35.5. The molecule has 5 rings (SSSR count). The zero-order valence-electron chi connectivity index (χ0n) is 19.4. The Labute approximate surface area is 208 Å². The number of carbonyl (C=O) groups excluding carboxylic acids is 1. The molecule has 1 amide bonds. The van der Waals surface area contributed by atoms with E-state index in [0.29, 0.717) is 66.0 Å². The zero-order chi connectivity index (χ0) is 24.2. The fraction of sp³-hybridized carbons (Fsp3) is 0.417. The first-order valence-corrected chi connectivity index (χ1v) is 12.0. The quantitative estimate of drug-likeness (QED) is 0.550. The van der Waals surface area contributed by atoms with Gasteiger partial charge in [-0.1, -0.05) is 11.6 Å². The normalized spacial score (nSPS) is 16.8. The smallest absolute Gasteiger partial charge is 0.254 e. The van der Waals surface area contributed by atoms with Gasteiger partial charge < -0.3 is 24.4 Å². The van der Waals surface area contributed by atoms with Crippen molar-refractivity contribution >= 4 is 29.1 Å². The summed E-state index contributed by atoms with van der Waals surface area (Å²) < 4.78 is 18.3. The Bertz CT molecular complexity index is 1190. The van der Waals surface area contributed by atoms with Crippen molar-refractivity contribution in [3.05, 3.63) is 47.4 Å². The third-order valence-corrected chi connectivity index (χ3v) is 6.45. The molecule has 0 radical (unpaired) electrons. The van der Waals surface area contributed by atoms with E-state index in [1.807, 2.05) is 10.9 Å². The molecule has 0 spiro atoms. The van der Waals surface area contributed by atoms with Crippen LogP contribution in [0.3, 0.4) is 0 Å². The largest absolute Gasteiger partial charge is 0.495 e. The fourth-order valence-electron chi connectivity index (χ4n) is 4.24. The molecule has 184 valence electrons. The molecule has 1 aromatic carbocycles. The molecule has 2 saturated heterocycles. The van der Waals surface area contributed by atoms with Crippen molar-refractivity contribution in [3.8, 4) is 17.0 Å². The highest BCUT2D eigenvalue weighted by molar-refractivity contribution is 6.32. The number of anilines is 2. The Morgan fingerprint density at radius 3 is 2.69 bits per heavy atom. The number of halogens is 1. The number of nitrogens with one attached hydrogen (secondary N) is 1. The summed E-state index contributed by atoms with van der Waals surface area (Å²) >= 11 is 6.43. The molecule has 0 aliphatic carbocycles. The van der Waals surface area contributed by atoms with Crippen molar-refractivity contribution in [3.63, 3.8) is 0 Å². The number of amides is 1. The van der Waals surface area contributed by atoms with E-state index < -0.39 is 0 Å². The van der Waals surface area contributed by atoms with Crippen LogP contribution in [0, 0.1) is 0 Å². The first-order valence-electron chi connectivity index (χ1n) is 11.6. The number of aromatic nitrogens is 4. The molecular weight excluding hydrogens is 472 g/mol. The Morgan fingerprint density at radius 2 is 1.91 bits per heavy atom. The molecule has 2 fully saturated rings. The molecule has 4 heterocycles. The molecule has 0 saturated carbocycles. The molecule has 11 heteroatoms. The van der Waals surface area contributed by atoms with Gasteiger partial charge in [-0.05, 0) is 31.0 Å². The van der Waals surface area contributed by atoms with Gasteiger partial charge in [0.2, 0.25) is 5.95 Å². The number of methoxy groups -OCH3 is 1. The standard InChI is InChI=1S/C24H27ClN6O4/c1-33-21-12-16(23(32)30-6-10-35-11-7-30)2-3-20(21)28-24-26-14-19(25)22(29-24)17-13-27-31(15-17)18-4-8-34-9-5-18/h2-3,12-15,18H,4-11H2,1H3,(H,26,28,29). The molecular formula is C24H27ClN6O4. The maximum atomic E-state index is 12.8. The topological polar surface area (TPSA) is 104 Å². The van der Waals surface area contributed by atoms with Crippen LogP contribution in [0.1, 0.15) is 29.2 Å². The molecule has 2 aliphatic heterocycles. The van der Waals surface area contributed by atoms with Gasteiger partial charge in [-0.15, -0.1) is 0 Å². The van der Waals surface area contributed by atoms with Crippen LogP contribution < -0.4 is 10.1 Å². The van der Waals surface area contributed by atoms with Crippen LogP contribution in [0.15, 0.2) is 36.8 Å². The predicted molar refractivity (Wildman–Crippen MR) is 130 cm³/mol. The summed E-state index contributed by atoms with van der Waals surface area (Å²) in [5, 5.41) is 8.13. The van der Waals surface area contributed by atoms with Crippen molar-refractivity contribution in [2.75, 3.05) is 51.9 Å². The summed E-state index contributed by atoms with van der Waals surface area (Å²) in [5.41, 5.74) is 2.58. The van der Waals surface area contributed by atoms with Gasteiger partial charge in [0, 0.05) is 43.6 Å². The predicted octanol–water partition coefficient (Wildman–Crippen LogP) is 3.57. The van der Waals surface area contributed by atoms with E-state index >= 15 is 0 Å². The third kappa shape index (κ3) is 5.24. The summed E-state index contributed by atoms with van der Waals surface area (Å²) in [4.78, 5) is 23.6. The van der Waals surface area contributed by atoms with Crippen LogP contribution in [0.4, 0.5) is 11.6 Å². The second-order valence-electron chi connectivity index (χ2n) is 8.39. The van der Waals surface area contributed by atoms with E-state index in [0.717, 1.165) is 31.6 Å². The maximum absolute atomic E-state index is 12.8. The molecule has 3 aromatic rings. The van der Waals surface area contributed by atoms with Gasteiger partial charge in [-0.3, -0.25) is 9.48 Å². The van der Waals surface area contributed by atoms with Gasteiger partial charge in [-0.2, -0.15) is 5.10 Å². The van der Waals surface area contributed by atoms with Crippen molar-refractivity contribution < 1.29 is 19.0 Å². The first kappa shape index (κ1) is 23.5. The van der Waals surface area contributed by atoms with E-state index in [2.05, 4.69) is 20.4 Å². The molecule has 2 aromatic heterocycles. The fourth-order valence-corrected chi connectivity index (χ4v) is 4.44. The Morgan fingerprint density at radius 1 is 1.14 bits per heavy atom. The maximum Gasteiger partial charge on any atom is 0.254 e. The molecule has 0 unspecified atom stereocenters. The lowest BCUT2D eigenvalue weighted by Crippen LogP contribution is -2.40. The van der Waals surface area contributed by atoms with Crippen LogP contribution >= 0.6 is 11.6 Å². The minimum atomic E-state index is -0.0512. The minimum Gasteiger partial charge on any atom is -0.495 e. The number of ether oxygens (including phenoxy) is 3. The highest BCUT2D eigenvalue weighted by Crippen LogP contribution is 2.32. The van der Waals surface area contributed by atoms with E-state index in [1.165, 1.54) is 0 Å². The van der Waals surface area contributed by atoms with Gasteiger partial charge >= 0.3 is 0 Å². The van der Waals surface area contributed by atoms with E-state index in [-0.39, 0.29) is 5.91 Å². The van der Waals surface area contributed by atoms with Gasteiger partial charge in [0.25, 0.3) is 5.91 Å². The molecule has 2 aliphatic rings. The number of rotatable bonds is 6. The van der Waals surface area contributed by atoms with E-state index in [9.17, 15) is 4.79 Å². The summed E-state index contributed by atoms with van der Waals surface area (Å²) in [5.74, 6) is 0.815. The SMILES string of the molecule is COc1cc(C(=O)N2CCOCC2)ccc1Nc1ncc(Cl)c(-c2cnn(C3CCOCC3)c2)n1. The van der Waals surface area contributed by atoms with Gasteiger partial charge in [0.15, 0.2) is 0 Å². The Hall–Kier alpha value is -3.21. The van der Waals surface area contributed by atoms with Crippen LogP contribution in [0.2, 0.25) is 5.02 Å². The average molecular weight is 499 g/mol. The van der Waals surface area contributed by atoms with Crippen molar-refractivity contribution in [2.45, 2.75) is 18.9 Å². The summed E-state index contributed by atoms with van der Waals surface area (Å²) in [6.45, 7) is 3.72. The zero-order valence-corrected chi connectivity index (χ0v) is 20.2. The van der Waals surface area contributed by atoms with E-state index in [1.54, 1.807) is 42.6 Å². The third-order valence-electron chi connectivity index (χ3n) is 6.18. The molecule has 10 nitrogen and oxygen atoms in total. The monoisotopic (exact) mass is 498 g/mol. The molecule has 35 heavy (non-hydrogen) atoms. The number of hydrogen-bond donors (Lipinski definition) is 1. The second kappa shape index (κ2) is 10.6. The van der Waals surface area contributed by atoms with Crippen LogP contribution in [-0.4, -0.2) is 77.2 Å². The number of morpholine rings is 1. The number of carbonyl (C=O) groups is 1. The van der Waals surface area contributed by atoms with Gasteiger partial charge in [-0.25, -0.2) is 9.97 Å². The number of benzene rings is 1. The summed E-state index contributed by atoms with van der Waals surface area (Å²) in [6.07, 6.45) is 7.13. The Kier molecular flexibility index (Phi) is 7.12. The molecule has 0 bridgehead atoms. The highest BCUT2D eigenvalue weighted by Gasteiger charge is 2.21. The lowest BCUT2D eigenvalue weighted by atomic mass is 10.1. The van der Waals surface area contributed by atoms with Crippen molar-refractivity contribution in [1.29, 1.82) is 0 Å².